The van der Waals surface area contributed by atoms with Crippen molar-refractivity contribution in [3.63, 3.8) is 0 Å². The first-order valence-electron chi connectivity index (χ1n) is 5.30. The van der Waals surface area contributed by atoms with Crippen LogP contribution in [-0.4, -0.2) is 22.2 Å². The fourth-order valence-electron chi connectivity index (χ4n) is 1.97. The summed E-state index contributed by atoms with van der Waals surface area (Å²) in [6.45, 7) is 0. The van der Waals surface area contributed by atoms with E-state index in [-0.39, 0.29) is 6.10 Å². The summed E-state index contributed by atoms with van der Waals surface area (Å²) in [7, 11) is 0. The van der Waals surface area contributed by atoms with E-state index in [1.165, 1.54) is 0 Å². The molecule has 1 heterocycles. The van der Waals surface area contributed by atoms with E-state index in [1.54, 1.807) is 6.20 Å². The number of aliphatic hydroxyl groups is 1. The van der Waals surface area contributed by atoms with Crippen LogP contribution in [0.5, 0.6) is 0 Å². The first-order chi connectivity index (χ1) is 7.24. The van der Waals surface area contributed by atoms with E-state index < -0.39 is 0 Å². The lowest BCUT2D eigenvalue weighted by Gasteiger charge is -2.26. The Labute approximate surface area is 98.0 Å². The highest BCUT2D eigenvalue weighted by Crippen LogP contribution is 2.21. The average Bonchev–Trinajstić information content (AvgIpc) is 2.22. The van der Waals surface area contributed by atoms with Gasteiger partial charge in [0.05, 0.1) is 6.10 Å². The molecule has 0 amide bonds. The molecule has 1 aliphatic rings. The summed E-state index contributed by atoms with van der Waals surface area (Å²) in [4.78, 5) is 4.26. The number of hydrogen-bond donors (Lipinski definition) is 2. The molecule has 2 atom stereocenters. The van der Waals surface area contributed by atoms with Gasteiger partial charge in [0.15, 0.2) is 0 Å². The Morgan fingerprint density at radius 2 is 2.27 bits per heavy atom. The molecular weight excluding hydrogens is 256 g/mol. The van der Waals surface area contributed by atoms with Crippen molar-refractivity contribution in [2.24, 2.45) is 0 Å². The highest BCUT2D eigenvalue weighted by molar-refractivity contribution is 9.10. The Morgan fingerprint density at radius 1 is 1.40 bits per heavy atom. The lowest BCUT2D eigenvalue weighted by Crippen LogP contribution is -2.30. The maximum atomic E-state index is 9.53. The summed E-state index contributed by atoms with van der Waals surface area (Å²) < 4.78 is 0.983. The van der Waals surface area contributed by atoms with Gasteiger partial charge in [-0.1, -0.05) is 0 Å². The monoisotopic (exact) mass is 270 g/mol. The maximum Gasteiger partial charge on any atom is 0.126 e. The molecule has 2 N–H and O–H groups in total. The zero-order valence-corrected chi connectivity index (χ0v) is 10.1. The molecule has 1 aromatic heterocycles. The van der Waals surface area contributed by atoms with E-state index in [4.69, 9.17) is 0 Å². The molecule has 1 aliphatic carbocycles. The third-order valence-corrected chi connectivity index (χ3v) is 3.20. The number of pyridine rings is 1. The Bertz CT molecular complexity index is 315. The highest BCUT2D eigenvalue weighted by atomic mass is 79.9. The van der Waals surface area contributed by atoms with Crippen molar-refractivity contribution in [2.75, 3.05) is 5.32 Å². The summed E-state index contributed by atoms with van der Waals surface area (Å²) >= 11 is 3.35. The Kier molecular flexibility index (Phi) is 3.59. The molecule has 0 aliphatic heterocycles. The molecule has 0 radical (unpaired) electrons. The smallest absolute Gasteiger partial charge is 0.126 e. The van der Waals surface area contributed by atoms with Crippen molar-refractivity contribution in [3.8, 4) is 0 Å². The molecule has 15 heavy (non-hydrogen) atoms. The minimum Gasteiger partial charge on any atom is -0.393 e. The first-order valence-corrected chi connectivity index (χ1v) is 6.09. The van der Waals surface area contributed by atoms with E-state index >= 15 is 0 Å². The second-order valence-corrected chi connectivity index (χ2v) is 4.94. The fourth-order valence-corrected chi connectivity index (χ4v) is 2.20. The van der Waals surface area contributed by atoms with Gasteiger partial charge in [-0.3, -0.25) is 0 Å². The minimum atomic E-state index is -0.147. The second kappa shape index (κ2) is 4.94. The lowest BCUT2D eigenvalue weighted by molar-refractivity contribution is 0.124. The molecule has 0 bridgehead atoms. The van der Waals surface area contributed by atoms with E-state index in [0.717, 1.165) is 36.0 Å². The zero-order chi connectivity index (χ0) is 10.7. The maximum absolute atomic E-state index is 9.53. The molecular formula is C11H15BrN2O. The molecule has 1 saturated carbocycles. The molecule has 2 unspecified atom stereocenters. The van der Waals surface area contributed by atoms with E-state index in [2.05, 4.69) is 26.2 Å². The van der Waals surface area contributed by atoms with Crippen LogP contribution in [0.3, 0.4) is 0 Å². The van der Waals surface area contributed by atoms with Crippen LogP contribution >= 0.6 is 15.9 Å². The van der Waals surface area contributed by atoms with Gasteiger partial charge in [0.2, 0.25) is 0 Å². The number of nitrogens with zero attached hydrogens (tertiary/aromatic N) is 1. The quantitative estimate of drug-likeness (QED) is 0.869. The molecule has 0 saturated heterocycles. The van der Waals surface area contributed by atoms with Gasteiger partial charge in [0.25, 0.3) is 0 Å². The predicted octanol–water partition coefficient (Wildman–Crippen LogP) is 2.56. The average molecular weight is 271 g/mol. The largest absolute Gasteiger partial charge is 0.393 e. The third kappa shape index (κ3) is 3.18. The van der Waals surface area contributed by atoms with Gasteiger partial charge in [0, 0.05) is 16.7 Å². The number of halogens is 1. The SMILES string of the molecule is OC1CCCC(Nc2ccc(Br)cn2)C1. The van der Waals surface area contributed by atoms with Gasteiger partial charge >= 0.3 is 0 Å². The van der Waals surface area contributed by atoms with Crippen LogP contribution in [-0.2, 0) is 0 Å². The lowest BCUT2D eigenvalue weighted by atomic mass is 9.93. The van der Waals surface area contributed by atoms with Gasteiger partial charge in [-0.15, -0.1) is 0 Å². The number of aliphatic hydroxyl groups excluding tert-OH is 1. The molecule has 1 aromatic rings. The van der Waals surface area contributed by atoms with Crippen molar-refractivity contribution >= 4 is 21.7 Å². The van der Waals surface area contributed by atoms with Crippen molar-refractivity contribution < 1.29 is 5.11 Å². The molecule has 0 spiro atoms. The minimum absolute atomic E-state index is 0.147. The van der Waals surface area contributed by atoms with Crippen LogP contribution < -0.4 is 5.32 Å². The number of aromatic nitrogens is 1. The van der Waals surface area contributed by atoms with Crippen LogP contribution in [0.15, 0.2) is 22.8 Å². The van der Waals surface area contributed by atoms with E-state index in [1.807, 2.05) is 12.1 Å². The summed E-state index contributed by atoms with van der Waals surface area (Å²) in [5.74, 6) is 0.886. The summed E-state index contributed by atoms with van der Waals surface area (Å²) in [6, 6.07) is 4.28. The molecule has 2 rings (SSSR count). The van der Waals surface area contributed by atoms with Gasteiger partial charge in [0.1, 0.15) is 5.82 Å². The topological polar surface area (TPSA) is 45.1 Å². The van der Waals surface area contributed by atoms with E-state index in [9.17, 15) is 5.11 Å². The highest BCUT2D eigenvalue weighted by Gasteiger charge is 2.19. The standard InChI is InChI=1S/C11H15BrN2O/c12-8-4-5-11(13-7-8)14-9-2-1-3-10(15)6-9/h4-5,7,9-10,15H,1-3,6H2,(H,13,14). The summed E-state index contributed by atoms with van der Waals surface area (Å²) in [5.41, 5.74) is 0. The number of anilines is 1. The van der Waals surface area contributed by atoms with Crippen molar-refractivity contribution in [1.29, 1.82) is 0 Å². The van der Waals surface area contributed by atoms with Gasteiger partial charge < -0.3 is 10.4 Å². The van der Waals surface area contributed by atoms with Crippen molar-refractivity contribution in [3.05, 3.63) is 22.8 Å². The van der Waals surface area contributed by atoms with Gasteiger partial charge in [-0.2, -0.15) is 0 Å². The summed E-state index contributed by atoms with van der Waals surface area (Å²) in [5, 5.41) is 12.9. The fraction of sp³-hybridized carbons (Fsp3) is 0.545. The van der Waals surface area contributed by atoms with Crippen LogP contribution in [0.1, 0.15) is 25.7 Å². The van der Waals surface area contributed by atoms with Crippen LogP contribution in [0.4, 0.5) is 5.82 Å². The molecule has 0 aromatic carbocycles. The number of hydrogen-bond acceptors (Lipinski definition) is 3. The first kappa shape index (κ1) is 10.9. The van der Waals surface area contributed by atoms with Crippen molar-refractivity contribution in [1.82, 2.24) is 4.98 Å². The number of nitrogens with one attached hydrogen (secondary N) is 1. The Morgan fingerprint density at radius 3 is 2.93 bits per heavy atom. The Balaban J connectivity index is 1.93. The molecule has 4 heteroatoms. The second-order valence-electron chi connectivity index (χ2n) is 4.02. The predicted molar refractivity (Wildman–Crippen MR) is 63.8 cm³/mol. The normalized spacial score (nSPS) is 26.3. The zero-order valence-electron chi connectivity index (χ0n) is 8.49. The van der Waals surface area contributed by atoms with Crippen LogP contribution in [0.2, 0.25) is 0 Å². The van der Waals surface area contributed by atoms with E-state index in [0.29, 0.717) is 6.04 Å². The van der Waals surface area contributed by atoms with Gasteiger partial charge in [-0.05, 0) is 53.7 Å². The molecule has 1 fully saturated rings. The van der Waals surface area contributed by atoms with Crippen LogP contribution in [0.25, 0.3) is 0 Å². The van der Waals surface area contributed by atoms with Crippen molar-refractivity contribution in [2.45, 2.75) is 37.8 Å². The summed E-state index contributed by atoms with van der Waals surface area (Å²) in [6.07, 6.45) is 5.61. The van der Waals surface area contributed by atoms with Crippen LogP contribution in [0, 0.1) is 0 Å². The van der Waals surface area contributed by atoms with Gasteiger partial charge in [-0.25, -0.2) is 4.98 Å². The number of rotatable bonds is 2. The third-order valence-electron chi connectivity index (χ3n) is 2.73. The molecule has 82 valence electrons. The Hall–Kier alpha value is -0.610. The molecule has 3 nitrogen and oxygen atoms in total.